The van der Waals surface area contributed by atoms with E-state index in [1.165, 1.54) is 12.1 Å². The number of rotatable bonds is 4. The van der Waals surface area contributed by atoms with Crippen molar-refractivity contribution >= 4 is 51.3 Å². The lowest BCUT2D eigenvalue weighted by Gasteiger charge is -2.12. The molecule has 4 N–H and O–H groups in total. The summed E-state index contributed by atoms with van der Waals surface area (Å²) in [6.07, 6.45) is 0. The number of thiocarbonyl (C=S) groups is 1. The van der Waals surface area contributed by atoms with Gasteiger partial charge in [0.15, 0.2) is 5.11 Å². The summed E-state index contributed by atoms with van der Waals surface area (Å²) < 4.78 is 0. The number of aromatic hydroxyl groups is 1. The molecular weight excluding hydrogens is 442 g/mol. The van der Waals surface area contributed by atoms with Gasteiger partial charge in [-0.1, -0.05) is 24.3 Å². The van der Waals surface area contributed by atoms with Gasteiger partial charge in [0.2, 0.25) is 0 Å². The summed E-state index contributed by atoms with van der Waals surface area (Å²) in [4.78, 5) is 44.8. The van der Waals surface area contributed by atoms with Crippen LogP contribution in [0.3, 0.4) is 0 Å². The zero-order chi connectivity index (χ0) is 23.4. The molecule has 0 saturated heterocycles. The maximum Gasteiger partial charge on any atom is 0.277 e. The van der Waals surface area contributed by atoms with E-state index in [1.54, 1.807) is 24.3 Å². The molecule has 0 aliphatic carbocycles. The summed E-state index contributed by atoms with van der Waals surface area (Å²) in [5, 5.41) is 35.1. The minimum absolute atomic E-state index is 0.0559. The molecule has 162 valence electrons. The minimum atomic E-state index is -0.975. The Morgan fingerprint density at radius 3 is 1.97 bits per heavy atom. The molecule has 12 nitrogen and oxygen atoms in total. The van der Waals surface area contributed by atoms with Gasteiger partial charge in [-0.15, -0.1) is 0 Å². The summed E-state index contributed by atoms with van der Waals surface area (Å²) in [7, 11) is 0. The minimum Gasteiger partial charge on any atom is -0.507 e. The number of amides is 2. The molecule has 0 unspecified atom stereocenters. The van der Waals surface area contributed by atoms with E-state index >= 15 is 0 Å². The van der Waals surface area contributed by atoms with Gasteiger partial charge < -0.3 is 5.11 Å². The Morgan fingerprint density at radius 2 is 1.41 bits per heavy atom. The molecule has 0 radical (unpaired) electrons. The van der Waals surface area contributed by atoms with Crippen LogP contribution in [0.5, 0.6) is 5.75 Å². The van der Waals surface area contributed by atoms with Crippen LogP contribution in [0.15, 0.2) is 54.6 Å². The highest BCUT2D eigenvalue weighted by Crippen LogP contribution is 2.25. The highest BCUT2D eigenvalue weighted by Gasteiger charge is 2.20. The number of non-ortho nitro benzene ring substituents is 2. The smallest absolute Gasteiger partial charge is 0.277 e. The Bertz CT molecular complexity index is 1260. The lowest BCUT2D eigenvalue weighted by atomic mass is 10.1. The molecule has 0 saturated carbocycles. The van der Waals surface area contributed by atoms with E-state index in [0.717, 1.165) is 17.5 Å². The standard InChI is InChI=1S/C19H13N5O7S/c25-16-8-11-4-2-1-3-10(11)7-15(16)18(27)21-22-19(32)20-17(26)12-5-13(23(28)29)9-14(6-12)24(30)31/h1-9,25H,(H,21,27)(H2,20,22,26,32). The quantitative estimate of drug-likeness (QED) is 0.261. The number of phenols is 1. The number of nitro benzene ring substituents is 2. The monoisotopic (exact) mass is 455 g/mol. The Labute approximate surface area is 184 Å². The van der Waals surface area contributed by atoms with Gasteiger partial charge in [0.25, 0.3) is 23.2 Å². The molecule has 0 aromatic heterocycles. The highest BCUT2D eigenvalue weighted by molar-refractivity contribution is 7.80. The van der Waals surface area contributed by atoms with E-state index in [9.17, 15) is 34.9 Å². The van der Waals surface area contributed by atoms with Gasteiger partial charge >= 0.3 is 0 Å². The fourth-order valence-corrected chi connectivity index (χ4v) is 2.88. The number of nitrogens with zero attached hydrogens (tertiary/aromatic N) is 2. The zero-order valence-electron chi connectivity index (χ0n) is 15.9. The number of nitro groups is 2. The Morgan fingerprint density at radius 1 is 0.844 bits per heavy atom. The average molecular weight is 455 g/mol. The zero-order valence-corrected chi connectivity index (χ0v) is 16.7. The third-order valence-corrected chi connectivity index (χ3v) is 4.42. The lowest BCUT2D eigenvalue weighted by Crippen LogP contribution is -2.48. The first-order valence-corrected chi connectivity index (χ1v) is 9.14. The first-order valence-electron chi connectivity index (χ1n) is 8.73. The molecule has 0 spiro atoms. The van der Waals surface area contributed by atoms with E-state index in [1.807, 2.05) is 0 Å². The molecular formula is C19H13N5O7S. The van der Waals surface area contributed by atoms with E-state index in [-0.39, 0.29) is 16.9 Å². The van der Waals surface area contributed by atoms with Crippen LogP contribution in [0.25, 0.3) is 10.8 Å². The van der Waals surface area contributed by atoms with Crippen molar-refractivity contribution in [2.24, 2.45) is 0 Å². The fourth-order valence-electron chi connectivity index (χ4n) is 2.73. The van der Waals surface area contributed by atoms with Crippen LogP contribution in [0.4, 0.5) is 11.4 Å². The number of hydrogen-bond donors (Lipinski definition) is 4. The van der Waals surface area contributed by atoms with Crippen LogP contribution < -0.4 is 16.2 Å². The second kappa shape index (κ2) is 9.01. The largest absolute Gasteiger partial charge is 0.507 e. The van der Waals surface area contributed by atoms with Crippen LogP contribution in [0, 0.1) is 20.2 Å². The number of hydrogen-bond acceptors (Lipinski definition) is 8. The molecule has 0 aliphatic heterocycles. The third-order valence-electron chi connectivity index (χ3n) is 4.21. The van der Waals surface area contributed by atoms with Gasteiger partial charge in [-0.25, -0.2) is 0 Å². The van der Waals surface area contributed by atoms with Crippen molar-refractivity contribution in [3.8, 4) is 5.75 Å². The number of benzene rings is 3. The van der Waals surface area contributed by atoms with E-state index in [2.05, 4.69) is 16.2 Å². The molecule has 0 fully saturated rings. The molecule has 3 aromatic carbocycles. The van der Waals surface area contributed by atoms with Crippen molar-refractivity contribution in [2.75, 3.05) is 0 Å². The SMILES string of the molecule is O=C(NC(=S)NNC(=O)c1cc2ccccc2cc1O)c1cc([N+](=O)[O-])cc([N+](=O)[O-])c1. The van der Waals surface area contributed by atoms with Gasteiger partial charge in [-0.05, 0) is 35.1 Å². The van der Waals surface area contributed by atoms with E-state index in [4.69, 9.17) is 12.2 Å². The van der Waals surface area contributed by atoms with Crippen molar-refractivity contribution in [3.63, 3.8) is 0 Å². The van der Waals surface area contributed by atoms with Crippen molar-refractivity contribution in [1.29, 1.82) is 0 Å². The van der Waals surface area contributed by atoms with Crippen LogP contribution in [-0.4, -0.2) is 31.9 Å². The molecule has 3 rings (SSSR count). The van der Waals surface area contributed by atoms with Crippen molar-refractivity contribution in [3.05, 3.63) is 86.0 Å². The lowest BCUT2D eigenvalue weighted by molar-refractivity contribution is -0.394. The van der Waals surface area contributed by atoms with Crippen LogP contribution in [-0.2, 0) is 0 Å². The van der Waals surface area contributed by atoms with Gasteiger partial charge in [0.1, 0.15) is 5.75 Å². The molecule has 13 heteroatoms. The summed E-state index contributed by atoms with van der Waals surface area (Å²) in [6.45, 7) is 0. The van der Waals surface area contributed by atoms with Crippen molar-refractivity contribution in [1.82, 2.24) is 16.2 Å². The Hall–Kier alpha value is -4.65. The number of nitrogens with one attached hydrogen (secondary N) is 3. The summed E-state index contributed by atoms with van der Waals surface area (Å²) >= 11 is 4.89. The molecule has 0 aliphatic rings. The fraction of sp³-hybridized carbons (Fsp3) is 0. The van der Waals surface area contributed by atoms with Crippen LogP contribution in [0.1, 0.15) is 20.7 Å². The third kappa shape index (κ3) is 4.91. The van der Waals surface area contributed by atoms with E-state index < -0.39 is 38.1 Å². The summed E-state index contributed by atoms with van der Waals surface area (Å²) in [5.74, 6) is -2.00. The number of phenolic OH excluding ortho intramolecular Hbond substituents is 1. The molecule has 0 atom stereocenters. The van der Waals surface area contributed by atoms with Gasteiger partial charge in [0, 0.05) is 12.1 Å². The topological polar surface area (TPSA) is 177 Å². The predicted octanol–water partition coefficient (Wildman–Crippen LogP) is 2.31. The number of carbonyl (C=O) groups excluding carboxylic acids is 2. The van der Waals surface area contributed by atoms with Gasteiger partial charge in [-0.3, -0.25) is 46.0 Å². The van der Waals surface area contributed by atoms with Gasteiger partial charge in [-0.2, -0.15) is 0 Å². The first kappa shape index (κ1) is 22.0. The Balaban J connectivity index is 1.68. The number of fused-ring (bicyclic) bond motifs is 1. The van der Waals surface area contributed by atoms with Gasteiger partial charge in [0.05, 0.1) is 27.0 Å². The molecule has 2 amide bonds. The molecule has 32 heavy (non-hydrogen) atoms. The predicted molar refractivity (Wildman–Crippen MR) is 116 cm³/mol. The Kier molecular flexibility index (Phi) is 6.21. The second-order valence-corrected chi connectivity index (χ2v) is 6.74. The van der Waals surface area contributed by atoms with Crippen LogP contribution in [0.2, 0.25) is 0 Å². The highest BCUT2D eigenvalue weighted by atomic mass is 32.1. The average Bonchev–Trinajstić information content (AvgIpc) is 2.76. The van der Waals surface area contributed by atoms with Crippen molar-refractivity contribution in [2.45, 2.75) is 0 Å². The van der Waals surface area contributed by atoms with E-state index in [0.29, 0.717) is 11.5 Å². The molecule has 0 bridgehead atoms. The normalized spacial score (nSPS) is 10.2. The number of carbonyl (C=O) groups is 2. The maximum absolute atomic E-state index is 12.4. The van der Waals surface area contributed by atoms with Crippen molar-refractivity contribution < 1.29 is 24.5 Å². The number of hydrazine groups is 1. The molecule has 3 aromatic rings. The second-order valence-electron chi connectivity index (χ2n) is 6.33. The van der Waals surface area contributed by atoms with Crippen LogP contribution >= 0.6 is 12.2 Å². The first-order chi connectivity index (χ1) is 15.2. The maximum atomic E-state index is 12.4. The summed E-state index contributed by atoms with van der Waals surface area (Å²) in [5.41, 5.74) is 2.72. The summed E-state index contributed by atoms with van der Waals surface area (Å²) in [6, 6.07) is 12.3. The molecule has 0 heterocycles.